The molecule has 0 aliphatic carbocycles. The molecule has 0 saturated carbocycles. The van der Waals surface area contributed by atoms with Crippen LogP contribution in [-0.2, 0) is 0 Å². The second-order valence-corrected chi connectivity index (χ2v) is 8.38. The van der Waals surface area contributed by atoms with Gasteiger partial charge in [0, 0.05) is 58.9 Å². The lowest BCUT2D eigenvalue weighted by Crippen LogP contribution is -2.39. The quantitative estimate of drug-likeness (QED) is 0.524. The van der Waals surface area contributed by atoms with Crippen molar-refractivity contribution >= 4 is 28.1 Å². The van der Waals surface area contributed by atoms with Crippen molar-refractivity contribution in [3.8, 4) is 11.1 Å². The zero-order valence-electron chi connectivity index (χ0n) is 16.3. The van der Waals surface area contributed by atoms with Crippen molar-refractivity contribution in [1.82, 2.24) is 19.9 Å². The van der Waals surface area contributed by atoms with Crippen LogP contribution in [0.3, 0.4) is 0 Å². The van der Waals surface area contributed by atoms with Gasteiger partial charge in [-0.25, -0.2) is 4.98 Å². The number of thiazole rings is 1. The number of hydrogen-bond donors (Lipinski definition) is 1. The van der Waals surface area contributed by atoms with E-state index in [1.807, 2.05) is 22.7 Å². The van der Waals surface area contributed by atoms with Gasteiger partial charge in [0.25, 0.3) is 5.91 Å². The molecule has 0 bridgehead atoms. The van der Waals surface area contributed by atoms with Crippen molar-refractivity contribution in [2.24, 2.45) is 0 Å². The maximum Gasteiger partial charge on any atom is 0.273 e. The molecule has 1 aliphatic heterocycles. The van der Waals surface area contributed by atoms with Crippen molar-refractivity contribution in [3.05, 3.63) is 70.6 Å². The molecule has 1 atom stereocenters. The Balaban J connectivity index is 1.56. The molecule has 6 heteroatoms. The van der Waals surface area contributed by atoms with Gasteiger partial charge in [-0.05, 0) is 49.6 Å². The first-order valence-electron chi connectivity index (χ1n) is 9.91. The average molecular weight is 403 g/mol. The number of nitrogens with one attached hydrogen (secondary N) is 1. The summed E-state index contributed by atoms with van der Waals surface area (Å²) in [5.74, 6) is 0.301. The number of carbonyl (C=O) groups is 1. The minimum atomic E-state index is 0.0355. The third-order valence-electron chi connectivity index (χ3n) is 5.72. The van der Waals surface area contributed by atoms with E-state index in [2.05, 4.69) is 52.2 Å². The molecule has 4 aromatic rings. The van der Waals surface area contributed by atoms with Crippen molar-refractivity contribution in [1.29, 1.82) is 0 Å². The summed E-state index contributed by atoms with van der Waals surface area (Å²) in [6.07, 6.45) is 5.73. The maximum atomic E-state index is 12.9. The van der Waals surface area contributed by atoms with Crippen LogP contribution in [0.5, 0.6) is 0 Å². The summed E-state index contributed by atoms with van der Waals surface area (Å²) >= 11 is 1.46. The van der Waals surface area contributed by atoms with Crippen LogP contribution in [0.2, 0.25) is 0 Å². The van der Waals surface area contributed by atoms with E-state index in [-0.39, 0.29) is 11.8 Å². The minimum Gasteiger partial charge on any atom is -0.358 e. The number of benzene rings is 1. The number of aromatic amines is 1. The predicted octanol–water partition coefficient (Wildman–Crippen LogP) is 5.01. The van der Waals surface area contributed by atoms with Crippen LogP contribution in [0.4, 0.5) is 0 Å². The number of nitrogens with zero attached hydrogens (tertiary/aromatic N) is 3. The van der Waals surface area contributed by atoms with E-state index >= 15 is 0 Å². The van der Waals surface area contributed by atoms with Crippen molar-refractivity contribution < 1.29 is 4.79 Å². The number of carbonyl (C=O) groups excluding carboxylic acids is 1. The fraction of sp³-hybridized carbons (Fsp3) is 0.261. The predicted molar refractivity (Wildman–Crippen MR) is 116 cm³/mol. The lowest BCUT2D eigenvalue weighted by Gasteiger charge is -2.32. The third-order valence-corrected chi connectivity index (χ3v) is 6.31. The van der Waals surface area contributed by atoms with E-state index in [4.69, 9.17) is 0 Å². The lowest BCUT2D eigenvalue weighted by atomic mass is 9.89. The molecule has 29 heavy (non-hydrogen) atoms. The Hall–Kier alpha value is -2.99. The van der Waals surface area contributed by atoms with Crippen molar-refractivity contribution in [3.63, 3.8) is 0 Å². The Kier molecular flexibility index (Phi) is 4.64. The molecule has 5 rings (SSSR count). The van der Waals surface area contributed by atoms with Gasteiger partial charge >= 0.3 is 0 Å². The highest BCUT2D eigenvalue weighted by Crippen LogP contribution is 2.39. The van der Waals surface area contributed by atoms with Crippen molar-refractivity contribution in [2.45, 2.75) is 25.7 Å². The Bertz CT molecular complexity index is 1150. The molecule has 0 radical (unpaired) electrons. The molecule has 1 aliphatic rings. The van der Waals surface area contributed by atoms with Gasteiger partial charge in [-0.1, -0.05) is 11.6 Å². The van der Waals surface area contributed by atoms with Crippen LogP contribution in [-0.4, -0.2) is 38.8 Å². The molecule has 1 amide bonds. The number of rotatable bonds is 3. The number of aryl methyl sites for hydroxylation is 1. The molecule has 3 aromatic heterocycles. The summed E-state index contributed by atoms with van der Waals surface area (Å²) in [5, 5.41) is 3.06. The summed E-state index contributed by atoms with van der Waals surface area (Å²) in [4.78, 5) is 26.9. The van der Waals surface area contributed by atoms with Crippen LogP contribution in [0, 0.1) is 6.92 Å². The molecule has 1 aromatic carbocycles. The second-order valence-electron chi connectivity index (χ2n) is 7.66. The average Bonchev–Trinajstić information content (AvgIpc) is 3.42. The number of hydrogen-bond acceptors (Lipinski definition) is 4. The highest BCUT2D eigenvalue weighted by molar-refractivity contribution is 7.07. The molecule has 5 nitrogen and oxygen atoms in total. The van der Waals surface area contributed by atoms with Gasteiger partial charge in [0.05, 0.1) is 5.51 Å². The number of piperidine rings is 1. The van der Waals surface area contributed by atoms with Gasteiger partial charge in [0.2, 0.25) is 0 Å². The largest absolute Gasteiger partial charge is 0.358 e. The maximum absolute atomic E-state index is 12.9. The van der Waals surface area contributed by atoms with E-state index in [0.717, 1.165) is 30.5 Å². The van der Waals surface area contributed by atoms with Gasteiger partial charge in [-0.15, -0.1) is 11.3 Å². The van der Waals surface area contributed by atoms with Gasteiger partial charge < -0.3 is 9.88 Å². The van der Waals surface area contributed by atoms with Crippen LogP contribution in [0.15, 0.2) is 53.6 Å². The zero-order chi connectivity index (χ0) is 19.8. The molecule has 0 spiro atoms. The van der Waals surface area contributed by atoms with Crippen LogP contribution < -0.4 is 0 Å². The molecular weight excluding hydrogens is 380 g/mol. The summed E-state index contributed by atoms with van der Waals surface area (Å²) < 4.78 is 0. The second kappa shape index (κ2) is 7.44. The standard InChI is InChI=1S/C23H22N4OS/c1-15-4-5-19-18(11-15)21(16-6-8-24-9-7-16)22(26-19)17-3-2-10-27(12-17)23(28)20-13-29-14-25-20/h4-9,11,13-14,17,26H,2-3,10,12H2,1H3/t17-/m1/s1. The Morgan fingerprint density at radius 1 is 1.24 bits per heavy atom. The molecule has 0 unspecified atom stereocenters. The van der Waals surface area contributed by atoms with Gasteiger partial charge in [-0.2, -0.15) is 0 Å². The normalized spacial score (nSPS) is 17.0. The number of H-pyrrole nitrogens is 1. The van der Waals surface area contributed by atoms with E-state index < -0.39 is 0 Å². The van der Waals surface area contributed by atoms with Crippen LogP contribution >= 0.6 is 11.3 Å². The summed E-state index contributed by atoms with van der Waals surface area (Å²) in [6, 6.07) is 10.7. The smallest absolute Gasteiger partial charge is 0.273 e. The third kappa shape index (κ3) is 3.34. The first-order valence-corrected chi connectivity index (χ1v) is 10.8. The Morgan fingerprint density at radius 3 is 2.90 bits per heavy atom. The topological polar surface area (TPSA) is 61.9 Å². The molecule has 1 saturated heterocycles. The SMILES string of the molecule is Cc1ccc2[nH]c([C@@H]3CCCN(C(=O)c4cscn4)C3)c(-c3ccncc3)c2c1. The van der Waals surface area contributed by atoms with E-state index in [1.165, 1.54) is 33.5 Å². The van der Waals surface area contributed by atoms with Crippen LogP contribution in [0.1, 0.15) is 40.5 Å². The van der Waals surface area contributed by atoms with Gasteiger partial charge in [0.1, 0.15) is 5.69 Å². The fourth-order valence-corrected chi connectivity index (χ4v) is 4.87. The minimum absolute atomic E-state index is 0.0355. The summed E-state index contributed by atoms with van der Waals surface area (Å²) in [6.45, 7) is 3.62. The lowest BCUT2D eigenvalue weighted by molar-refractivity contribution is 0.0701. The summed E-state index contributed by atoms with van der Waals surface area (Å²) in [7, 11) is 0. The number of likely N-dealkylation sites (tertiary alicyclic amines) is 1. The number of pyridine rings is 1. The highest BCUT2D eigenvalue weighted by atomic mass is 32.1. The summed E-state index contributed by atoms with van der Waals surface area (Å²) in [5.41, 5.74) is 8.26. The molecule has 146 valence electrons. The zero-order valence-corrected chi connectivity index (χ0v) is 17.1. The Labute approximate surface area is 173 Å². The number of fused-ring (bicyclic) bond motifs is 1. The molecule has 1 N–H and O–H groups in total. The van der Waals surface area contributed by atoms with Gasteiger partial charge in [-0.3, -0.25) is 9.78 Å². The van der Waals surface area contributed by atoms with Gasteiger partial charge in [0.15, 0.2) is 0 Å². The van der Waals surface area contributed by atoms with Crippen LogP contribution in [0.25, 0.3) is 22.0 Å². The first-order chi connectivity index (χ1) is 14.2. The molecule has 1 fully saturated rings. The van der Waals surface area contributed by atoms with E-state index in [0.29, 0.717) is 12.2 Å². The van der Waals surface area contributed by atoms with E-state index in [9.17, 15) is 4.79 Å². The van der Waals surface area contributed by atoms with E-state index in [1.54, 1.807) is 5.51 Å². The Morgan fingerprint density at radius 2 is 2.10 bits per heavy atom. The number of amides is 1. The monoisotopic (exact) mass is 402 g/mol. The highest BCUT2D eigenvalue weighted by Gasteiger charge is 2.29. The van der Waals surface area contributed by atoms with Crippen molar-refractivity contribution in [2.75, 3.05) is 13.1 Å². The number of aromatic nitrogens is 3. The fourth-order valence-electron chi connectivity index (χ4n) is 4.34. The first kappa shape index (κ1) is 18.1. The molecular formula is C23H22N4OS. The molecule has 4 heterocycles.